The largest absolute Gasteiger partial charge is 0.481 e. The van der Waals surface area contributed by atoms with Crippen LogP contribution in [0.2, 0.25) is 0 Å². The zero-order valence-electron chi connectivity index (χ0n) is 12.6. The van der Waals surface area contributed by atoms with E-state index in [0.29, 0.717) is 18.0 Å². The van der Waals surface area contributed by atoms with Crippen molar-refractivity contribution >= 4 is 11.9 Å². The van der Waals surface area contributed by atoms with Gasteiger partial charge in [-0.3, -0.25) is 9.59 Å². The molecule has 1 amide bonds. The number of carboxylic acids is 1. The zero-order chi connectivity index (χ0) is 15.7. The Kier molecular flexibility index (Phi) is 4.00. The molecule has 0 radical (unpaired) electrons. The van der Waals surface area contributed by atoms with Gasteiger partial charge in [-0.1, -0.05) is 6.92 Å². The van der Waals surface area contributed by atoms with Crippen LogP contribution in [0.15, 0.2) is 18.3 Å². The van der Waals surface area contributed by atoms with Gasteiger partial charge in [-0.15, -0.1) is 0 Å². The van der Waals surface area contributed by atoms with Crippen LogP contribution in [-0.2, 0) is 4.79 Å². The molecule has 1 saturated heterocycles. The normalized spacial score (nSPS) is 24.9. The lowest BCUT2D eigenvalue weighted by Gasteiger charge is -2.25. The maximum atomic E-state index is 12.5. The summed E-state index contributed by atoms with van der Waals surface area (Å²) in [6.07, 6.45) is 5.01. The predicted octanol–water partition coefficient (Wildman–Crippen LogP) is 1.81. The first-order valence-electron chi connectivity index (χ1n) is 7.69. The van der Waals surface area contributed by atoms with Crippen molar-refractivity contribution < 1.29 is 19.4 Å². The Balaban J connectivity index is 1.69. The summed E-state index contributed by atoms with van der Waals surface area (Å²) in [5.74, 6) is -1.05. The summed E-state index contributed by atoms with van der Waals surface area (Å²) in [5.41, 5.74) is 0.502. The van der Waals surface area contributed by atoms with Gasteiger partial charge < -0.3 is 14.7 Å². The van der Waals surface area contributed by atoms with Crippen LogP contribution in [0, 0.1) is 11.8 Å². The van der Waals surface area contributed by atoms with Gasteiger partial charge in [0.25, 0.3) is 5.91 Å². The molecule has 0 unspecified atom stereocenters. The number of aliphatic carboxylic acids is 1. The third-order valence-corrected chi connectivity index (χ3v) is 4.54. The van der Waals surface area contributed by atoms with E-state index in [2.05, 4.69) is 4.98 Å². The van der Waals surface area contributed by atoms with Crippen molar-refractivity contribution in [3.8, 4) is 5.88 Å². The van der Waals surface area contributed by atoms with E-state index in [9.17, 15) is 9.59 Å². The summed E-state index contributed by atoms with van der Waals surface area (Å²) >= 11 is 0. The average Bonchev–Trinajstić information content (AvgIpc) is 2.85. The first kappa shape index (κ1) is 14.8. The summed E-state index contributed by atoms with van der Waals surface area (Å²) < 4.78 is 5.71. The number of hydrogen-bond acceptors (Lipinski definition) is 4. The number of carbonyl (C=O) groups is 2. The van der Waals surface area contributed by atoms with Gasteiger partial charge in [-0.05, 0) is 31.2 Å². The van der Waals surface area contributed by atoms with Crippen molar-refractivity contribution in [2.75, 3.05) is 13.1 Å². The maximum absolute atomic E-state index is 12.5. The molecule has 1 N–H and O–H groups in total. The predicted molar refractivity (Wildman–Crippen MR) is 78.7 cm³/mol. The van der Waals surface area contributed by atoms with Crippen LogP contribution in [0.3, 0.4) is 0 Å². The molecule has 1 aromatic heterocycles. The topological polar surface area (TPSA) is 79.7 Å². The number of aromatic nitrogens is 1. The Morgan fingerprint density at radius 1 is 1.36 bits per heavy atom. The summed E-state index contributed by atoms with van der Waals surface area (Å²) in [7, 11) is 0. The van der Waals surface area contributed by atoms with Gasteiger partial charge in [-0.25, -0.2) is 4.98 Å². The van der Waals surface area contributed by atoms with E-state index in [1.807, 2.05) is 6.92 Å². The lowest BCUT2D eigenvalue weighted by molar-refractivity contribution is -0.142. The number of hydrogen-bond donors (Lipinski definition) is 1. The maximum Gasteiger partial charge on any atom is 0.308 e. The van der Waals surface area contributed by atoms with E-state index in [-0.39, 0.29) is 24.5 Å². The molecular weight excluding hydrogens is 284 g/mol. The molecule has 22 heavy (non-hydrogen) atoms. The number of ether oxygens (including phenoxy) is 1. The first-order valence-corrected chi connectivity index (χ1v) is 7.69. The van der Waals surface area contributed by atoms with Gasteiger partial charge in [0.05, 0.1) is 5.92 Å². The van der Waals surface area contributed by atoms with Crippen LogP contribution in [0.25, 0.3) is 0 Å². The first-order chi connectivity index (χ1) is 10.5. The molecule has 0 aromatic carbocycles. The molecule has 2 atom stereocenters. The Bertz CT molecular complexity index is 585. The molecule has 2 heterocycles. The monoisotopic (exact) mass is 304 g/mol. The number of rotatable bonds is 4. The van der Waals surface area contributed by atoms with Gasteiger partial charge in [0.15, 0.2) is 0 Å². The molecule has 6 heteroatoms. The molecule has 118 valence electrons. The van der Waals surface area contributed by atoms with Gasteiger partial charge >= 0.3 is 5.97 Å². The Morgan fingerprint density at radius 3 is 2.73 bits per heavy atom. The van der Waals surface area contributed by atoms with Gasteiger partial charge in [-0.2, -0.15) is 0 Å². The highest BCUT2D eigenvalue weighted by atomic mass is 16.5. The van der Waals surface area contributed by atoms with Crippen molar-refractivity contribution in [3.05, 3.63) is 23.9 Å². The second kappa shape index (κ2) is 5.94. The fourth-order valence-electron chi connectivity index (χ4n) is 2.90. The van der Waals surface area contributed by atoms with Crippen molar-refractivity contribution in [2.45, 2.75) is 32.3 Å². The van der Waals surface area contributed by atoms with Gasteiger partial charge in [0, 0.05) is 30.9 Å². The van der Waals surface area contributed by atoms with Crippen LogP contribution < -0.4 is 4.74 Å². The standard InChI is InChI=1S/C16H20N2O4/c1-10-8-18(9-13(10)16(20)21)15(19)11-5-6-17-14(7-11)22-12-3-2-4-12/h5-7,10,12-13H,2-4,8-9H2,1H3,(H,20,21)/t10-,13-/m1/s1. The summed E-state index contributed by atoms with van der Waals surface area (Å²) in [5, 5.41) is 9.16. The molecule has 0 spiro atoms. The summed E-state index contributed by atoms with van der Waals surface area (Å²) in [4.78, 5) is 29.4. The summed E-state index contributed by atoms with van der Waals surface area (Å²) in [6.45, 7) is 2.59. The van der Waals surface area contributed by atoms with E-state index in [1.54, 1.807) is 23.2 Å². The van der Waals surface area contributed by atoms with Gasteiger partial charge in [0.2, 0.25) is 5.88 Å². The minimum atomic E-state index is -0.841. The highest BCUT2D eigenvalue weighted by Crippen LogP contribution is 2.27. The number of likely N-dealkylation sites (tertiary alicyclic amines) is 1. The summed E-state index contributed by atoms with van der Waals surface area (Å²) in [6, 6.07) is 3.30. The number of nitrogens with zero attached hydrogens (tertiary/aromatic N) is 2. The molecule has 1 aromatic rings. The van der Waals surface area contributed by atoms with Gasteiger partial charge in [0.1, 0.15) is 6.10 Å². The molecule has 6 nitrogen and oxygen atoms in total. The van der Waals surface area contributed by atoms with Crippen LogP contribution in [-0.4, -0.2) is 46.1 Å². The fraction of sp³-hybridized carbons (Fsp3) is 0.562. The van der Waals surface area contributed by atoms with Crippen LogP contribution in [0.1, 0.15) is 36.5 Å². The Hall–Kier alpha value is -2.11. The number of carboxylic acid groups (broad SMARTS) is 1. The lowest BCUT2D eigenvalue weighted by atomic mass is 9.96. The van der Waals surface area contributed by atoms with Crippen molar-refractivity contribution in [2.24, 2.45) is 11.8 Å². The second-order valence-electron chi connectivity index (χ2n) is 6.19. The van der Waals surface area contributed by atoms with Crippen molar-refractivity contribution in [1.29, 1.82) is 0 Å². The van der Waals surface area contributed by atoms with Crippen molar-refractivity contribution in [3.63, 3.8) is 0 Å². The highest BCUT2D eigenvalue weighted by molar-refractivity contribution is 5.95. The van der Waals surface area contributed by atoms with Crippen LogP contribution >= 0.6 is 0 Å². The third-order valence-electron chi connectivity index (χ3n) is 4.54. The number of amides is 1. The van der Waals surface area contributed by atoms with Crippen molar-refractivity contribution in [1.82, 2.24) is 9.88 Å². The fourth-order valence-corrected chi connectivity index (χ4v) is 2.90. The molecule has 0 bridgehead atoms. The number of pyridine rings is 1. The van der Waals surface area contributed by atoms with E-state index in [4.69, 9.17) is 9.84 Å². The van der Waals surface area contributed by atoms with E-state index < -0.39 is 11.9 Å². The quantitative estimate of drug-likeness (QED) is 0.917. The van der Waals surface area contributed by atoms with E-state index in [0.717, 1.165) is 12.8 Å². The smallest absolute Gasteiger partial charge is 0.308 e. The molecular formula is C16H20N2O4. The zero-order valence-corrected chi connectivity index (χ0v) is 12.6. The van der Waals surface area contributed by atoms with E-state index >= 15 is 0 Å². The Morgan fingerprint density at radius 2 is 2.14 bits per heavy atom. The molecule has 3 rings (SSSR count). The molecule has 2 aliphatic rings. The minimum Gasteiger partial charge on any atom is -0.481 e. The van der Waals surface area contributed by atoms with Crippen LogP contribution in [0.4, 0.5) is 0 Å². The highest BCUT2D eigenvalue weighted by Gasteiger charge is 2.37. The third kappa shape index (κ3) is 2.91. The number of carbonyl (C=O) groups excluding carboxylic acids is 1. The van der Waals surface area contributed by atoms with E-state index in [1.165, 1.54) is 6.42 Å². The molecule has 1 aliphatic heterocycles. The Labute approximate surface area is 129 Å². The molecule has 2 fully saturated rings. The molecule has 1 saturated carbocycles. The van der Waals surface area contributed by atoms with Crippen LogP contribution in [0.5, 0.6) is 5.88 Å². The SMILES string of the molecule is C[C@@H]1CN(C(=O)c2ccnc(OC3CCC3)c2)C[C@H]1C(=O)O. The lowest BCUT2D eigenvalue weighted by Crippen LogP contribution is -2.30. The minimum absolute atomic E-state index is 0.0333. The average molecular weight is 304 g/mol. The second-order valence-corrected chi connectivity index (χ2v) is 6.19. The molecule has 1 aliphatic carbocycles.